The Kier molecular flexibility index (Phi) is 7.28. The van der Waals surface area contributed by atoms with Gasteiger partial charge in [0.1, 0.15) is 17.3 Å². The van der Waals surface area contributed by atoms with Gasteiger partial charge in [-0.2, -0.15) is 0 Å². The lowest BCUT2D eigenvalue weighted by atomic mass is 9.61. The molecule has 9 nitrogen and oxygen atoms in total. The summed E-state index contributed by atoms with van der Waals surface area (Å²) in [4.78, 5) is 50.0. The molecule has 0 aromatic heterocycles. The van der Waals surface area contributed by atoms with Gasteiger partial charge >= 0.3 is 0 Å². The number of ketones is 3. The highest BCUT2D eigenvalue weighted by atomic mass is 16.3. The zero-order valence-corrected chi connectivity index (χ0v) is 19.3. The molecule has 0 spiro atoms. The average molecular weight is 474 g/mol. The molecule has 0 heterocycles. The SMILES string of the molecule is CC(C)CC(=O)Cc1ccc(O)c2c1C[C@H]1C[C@@H](CCO)[C@@](O)(C(=O)CC(N)=O)C(=O)C1=C2O. The second-order valence-corrected chi connectivity index (χ2v) is 9.68. The molecule has 34 heavy (non-hydrogen) atoms. The van der Waals surface area contributed by atoms with Crippen LogP contribution in [0.2, 0.25) is 0 Å². The van der Waals surface area contributed by atoms with E-state index < -0.39 is 53.7 Å². The molecule has 6 N–H and O–H groups in total. The number of hydrogen-bond donors (Lipinski definition) is 5. The van der Waals surface area contributed by atoms with Crippen molar-refractivity contribution in [3.8, 4) is 5.75 Å². The van der Waals surface area contributed by atoms with Crippen LogP contribution in [0.15, 0.2) is 17.7 Å². The summed E-state index contributed by atoms with van der Waals surface area (Å²) in [6.45, 7) is 3.45. The fourth-order valence-corrected chi connectivity index (χ4v) is 5.29. The molecule has 1 saturated carbocycles. The minimum absolute atomic E-state index is 0.000227. The minimum atomic E-state index is -2.63. The maximum Gasteiger partial charge on any atom is 0.225 e. The van der Waals surface area contributed by atoms with Crippen molar-refractivity contribution in [2.24, 2.45) is 23.5 Å². The molecule has 3 rings (SSSR count). The number of carbonyl (C=O) groups is 4. The first-order valence-electron chi connectivity index (χ1n) is 11.4. The molecule has 0 aliphatic heterocycles. The van der Waals surface area contributed by atoms with Gasteiger partial charge in [0.05, 0.1) is 12.0 Å². The van der Waals surface area contributed by atoms with E-state index in [0.717, 1.165) is 0 Å². The summed E-state index contributed by atoms with van der Waals surface area (Å²) in [6, 6.07) is 2.95. The van der Waals surface area contributed by atoms with E-state index in [-0.39, 0.29) is 54.3 Å². The Labute approximate surface area is 197 Å². The third-order valence-corrected chi connectivity index (χ3v) is 6.75. The average Bonchev–Trinajstić information content (AvgIpc) is 2.72. The van der Waals surface area contributed by atoms with Crippen LogP contribution < -0.4 is 5.73 Å². The molecule has 9 heteroatoms. The summed E-state index contributed by atoms with van der Waals surface area (Å²) in [7, 11) is 0. The fraction of sp³-hybridized carbons (Fsp3) is 0.520. The van der Waals surface area contributed by atoms with E-state index in [1.54, 1.807) is 6.07 Å². The van der Waals surface area contributed by atoms with Crippen molar-refractivity contribution in [2.75, 3.05) is 6.61 Å². The van der Waals surface area contributed by atoms with Gasteiger partial charge < -0.3 is 26.2 Å². The summed E-state index contributed by atoms with van der Waals surface area (Å²) < 4.78 is 0. The van der Waals surface area contributed by atoms with Crippen molar-refractivity contribution < 1.29 is 39.6 Å². The predicted molar refractivity (Wildman–Crippen MR) is 122 cm³/mol. The van der Waals surface area contributed by atoms with Gasteiger partial charge in [0, 0.05) is 30.9 Å². The quantitative estimate of drug-likeness (QED) is 0.332. The first-order valence-corrected chi connectivity index (χ1v) is 11.4. The molecule has 0 saturated heterocycles. The molecule has 0 unspecified atom stereocenters. The van der Waals surface area contributed by atoms with Crippen LogP contribution in [0.5, 0.6) is 5.75 Å². The maximum absolute atomic E-state index is 13.4. The van der Waals surface area contributed by atoms with E-state index in [0.29, 0.717) is 17.5 Å². The number of nitrogens with two attached hydrogens (primary N) is 1. The Morgan fingerprint density at radius 1 is 1.21 bits per heavy atom. The van der Waals surface area contributed by atoms with Gasteiger partial charge in [-0.15, -0.1) is 0 Å². The van der Waals surface area contributed by atoms with Crippen molar-refractivity contribution in [3.63, 3.8) is 0 Å². The zero-order valence-electron chi connectivity index (χ0n) is 19.3. The lowest BCUT2D eigenvalue weighted by Crippen LogP contribution is -2.59. The summed E-state index contributed by atoms with van der Waals surface area (Å²) in [6.07, 6.45) is -0.206. The summed E-state index contributed by atoms with van der Waals surface area (Å²) in [5.41, 5.74) is 3.42. The van der Waals surface area contributed by atoms with Crippen LogP contribution in [0.4, 0.5) is 0 Å². The molecule has 1 amide bonds. The lowest BCUT2D eigenvalue weighted by molar-refractivity contribution is -0.160. The van der Waals surface area contributed by atoms with Gasteiger partial charge in [0.2, 0.25) is 11.7 Å². The number of aromatic hydroxyl groups is 1. The summed E-state index contributed by atoms with van der Waals surface area (Å²) >= 11 is 0. The van der Waals surface area contributed by atoms with Crippen molar-refractivity contribution in [1.29, 1.82) is 0 Å². The van der Waals surface area contributed by atoms with Gasteiger partial charge in [0.15, 0.2) is 11.4 Å². The monoisotopic (exact) mass is 473 g/mol. The second kappa shape index (κ2) is 9.68. The number of fused-ring (bicyclic) bond motifs is 2. The predicted octanol–water partition coefficient (Wildman–Crippen LogP) is 1.14. The molecular formula is C25H31NO8. The molecule has 0 radical (unpaired) electrons. The number of hydrogen-bond acceptors (Lipinski definition) is 8. The second-order valence-electron chi connectivity index (χ2n) is 9.68. The topological polar surface area (TPSA) is 175 Å². The van der Waals surface area contributed by atoms with E-state index in [1.807, 2.05) is 13.8 Å². The van der Waals surface area contributed by atoms with Crippen molar-refractivity contribution in [1.82, 2.24) is 0 Å². The molecule has 2 aliphatic rings. The molecule has 2 aliphatic carbocycles. The molecule has 1 aromatic rings. The first-order chi connectivity index (χ1) is 15.9. The fourth-order valence-electron chi connectivity index (χ4n) is 5.29. The molecular weight excluding hydrogens is 442 g/mol. The van der Waals surface area contributed by atoms with Crippen LogP contribution >= 0.6 is 0 Å². The molecule has 1 aromatic carbocycles. The van der Waals surface area contributed by atoms with Crippen molar-refractivity contribution >= 4 is 29.0 Å². The standard InChI is InChI=1S/C25H31NO8/c1-12(2)7-16(28)9-13-3-4-18(29)22-17(13)10-14-8-15(5-6-27)25(34,19(30)11-20(26)31)24(33)21(14)23(22)32/h3-4,12,14-15,27,29,32,34H,5-11H2,1-2H3,(H2,26,31)/t14-,15-,25-/m1/s1. The number of phenolic OH excluding ortho intramolecular Hbond substituents is 1. The van der Waals surface area contributed by atoms with Crippen LogP contribution in [0.1, 0.15) is 56.2 Å². The highest BCUT2D eigenvalue weighted by Crippen LogP contribution is 2.49. The Morgan fingerprint density at radius 2 is 1.88 bits per heavy atom. The van der Waals surface area contributed by atoms with Gasteiger partial charge in [-0.1, -0.05) is 19.9 Å². The van der Waals surface area contributed by atoms with E-state index in [9.17, 15) is 39.6 Å². The number of amides is 1. The Hall–Kier alpha value is -3.04. The zero-order chi connectivity index (χ0) is 25.4. The first kappa shape index (κ1) is 25.6. The van der Waals surface area contributed by atoms with E-state index in [1.165, 1.54) is 6.07 Å². The van der Waals surface area contributed by atoms with Gasteiger partial charge in [-0.3, -0.25) is 19.2 Å². The maximum atomic E-state index is 13.4. The van der Waals surface area contributed by atoms with Crippen LogP contribution in [0, 0.1) is 17.8 Å². The summed E-state index contributed by atoms with van der Waals surface area (Å²) in [5, 5.41) is 42.3. The number of aliphatic hydroxyl groups excluding tert-OH is 2. The highest BCUT2D eigenvalue weighted by Gasteiger charge is 2.57. The normalized spacial score (nSPS) is 24.1. The third-order valence-electron chi connectivity index (χ3n) is 6.75. The number of Topliss-reactive ketones (excluding diaryl/α,β-unsaturated/α-hetero) is 3. The van der Waals surface area contributed by atoms with E-state index >= 15 is 0 Å². The Morgan fingerprint density at radius 3 is 2.47 bits per heavy atom. The number of aliphatic hydroxyl groups is 3. The minimum Gasteiger partial charge on any atom is -0.507 e. The Bertz CT molecular complexity index is 1070. The Balaban J connectivity index is 2.11. The van der Waals surface area contributed by atoms with Gasteiger partial charge in [0.25, 0.3) is 0 Å². The molecule has 3 atom stereocenters. The molecule has 1 fully saturated rings. The van der Waals surface area contributed by atoms with Crippen LogP contribution in [0.25, 0.3) is 5.76 Å². The summed E-state index contributed by atoms with van der Waals surface area (Å²) in [5.74, 6) is -5.45. The van der Waals surface area contributed by atoms with E-state index in [2.05, 4.69) is 0 Å². The number of primary amides is 1. The van der Waals surface area contributed by atoms with Crippen molar-refractivity contribution in [2.45, 2.75) is 58.0 Å². The van der Waals surface area contributed by atoms with Crippen LogP contribution in [0.3, 0.4) is 0 Å². The van der Waals surface area contributed by atoms with E-state index in [4.69, 9.17) is 5.73 Å². The van der Waals surface area contributed by atoms with Gasteiger partial charge in [-0.25, -0.2) is 0 Å². The molecule has 184 valence electrons. The highest BCUT2D eigenvalue weighted by molar-refractivity contribution is 6.23. The smallest absolute Gasteiger partial charge is 0.225 e. The lowest BCUT2D eigenvalue weighted by Gasteiger charge is -2.43. The van der Waals surface area contributed by atoms with Gasteiger partial charge in [-0.05, 0) is 48.3 Å². The largest absolute Gasteiger partial charge is 0.507 e. The number of phenols is 1. The number of carbonyl (C=O) groups excluding carboxylic acids is 4. The molecule has 0 bridgehead atoms. The third kappa shape index (κ3) is 4.50. The number of rotatable bonds is 9. The van der Waals surface area contributed by atoms with Crippen LogP contribution in [-0.4, -0.2) is 55.9 Å². The van der Waals surface area contributed by atoms with Crippen LogP contribution in [-0.2, 0) is 32.0 Å². The number of benzene rings is 1. The van der Waals surface area contributed by atoms with Crippen molar-refractivity contribution in [3.05, 3.63) is 34.4 Å².